The van der Waals surface area contributed by atoms with Gasteiger partial charge in [0.2, 0.25) is 0 Å². The van der Waals surface area contributed by atoms with Crippen molar-refractivity contribution in [3.05, 3.63) is 22.5 Å². The van der Waals surface area contributed by atoms with Crippen LogP contribution in [0.4, 0.5) is 0 Å². The Kier molecular flexibility index (Phi) is 6.77. The third-order valence-corrected chi connectivity index (χ3v) is 3.40. The molecule has 0 aromatic carbocycles. The van der Waals surface area contributed by atoms with Crippen LogP contribution in [0.15, 0.2) is 6.07 Å². The van der Waals surface area contributed by atoms with Crippen molar-refractivity contribution in [2.45, 2.75) is 47.0 Å². The minimum atomic E-state index is 0.311. The van der Waals surface area contributed by atoms with E-state index in [9.17, 15) is 0 Å². The molecule has 0 spiro atoms. The molecule has 1 aromatic heterocycles. The maximum atomic E-state index is 6.14. The molecule has 0 fully saturated rings. The van der Waals surface area contributed by atoms with Gasteiger partial charge in [0, 0.05) is 25.8 Å². The molecule has 1 heterocycles. The van der Waals surface area contributed by atoms with Crippen molar-refractivity contribution >= 4 is 11.6 Å². The summed E-state index contributed by atoms with van der Waals surface area (Å²) < 4.78 is 10.7. The lowest BCUT2D eigenvalue weighted by atomic mass is 9.88. The zero-order valence-electron chi connectivity index (χ0n) is 13.3. The van der Waals surface area contributed by atoms with Gasteiger partial charge in [-0.05, 0) is 36.8 Å². The van der Waals surface area contributed by atoms with E-state index >= 15 is 0 Å². The van der Waals surface area contributed by atoms with Crippen molar-refractivity contribution in [1.82, 2.24) is 4.98 Å². The monoisotopic (exact) mass is 299 g/mol. The van der Waals surface area contributed by atoms with E-state index in [-0.39, 0.29) is 0 Å². The van der Waals surface area contributed by atoms with Crippen molar-refractivity contribution in [3.8, 4) is 5.75 Å². The van der Waals surface area contributed by atoms with Gasteiger partial charge in [0.15, 0.2) is 10.9 Å². The quantitative estimate of drug-likeness (QED) is 0.551. The fraction of sp³-hybridized carbons (Fsp3) is 0.688. The lowest BCUT2D eigenvalue weighted by molar-refractivity contribution is 0.172. The first kappa shape index (κ1) is 17.3. The third kappa shape index (κ3) is 6.10. The minimum absolute atomic E-state index is 0.311. The highest BCUT2D eigenvalue weighted by atomic mass is 35.5. The Hall–Kier alpha value is -0.800. The zero-order chi connectivity index (χ0) is 15.2. The van der Waals surface area contributed by atoms with E-state index in [1.54, 1.807) is 7.11 Å². The van der Waals surface area contributed by atoms with E-state index in [1.165, 1.54) is 5.56 Å². The highest BCUT2D eigenvalue weighted by molar-refractivity contribution is 6.30. The smallest absolute Gasteiger partial charge is 0.171 e. The molecule has 0 aliphatic carbocycles. The number of aromatic nitrogens is 1. The predicted molar refractivity (Wildman–Crippen MR) is 83.7 cm³/mol. The molecule has 0 N–H and O–H groups in total. The normalized spacial score (nSPS) is 11.7. The molecule has 0 amide bonds. The molecular formula is C16H26ClNO2. The first-order valence-electron chi connectivity index (χ1n) is 7.11. The maximum Gasteiger partial charge on any atom is 0.171 e. The first-order valence-corrected chi connectivity index (χ1v) is 7.49. The molecular weight excluding hydrogens is 274 g/mol. The molecule has 0 bridgehead atoms. The van der Waals surface area contributed by atoms with Crippen LogP contribution in [0.25, 0.3) is 0 Å². The SMILES string of the molecule is COCCCOc1cc(CCC(C)(C)C)c(C)nc1Cl. The number of halogens is 1. The largest absolute Gasteiger partial charge is 0.490 e. The van der Waals surface area contributed by atoms with Gasteiger partial charge in [-0.2, -0.15) is 0 Å². The van der Waals surface area contributed by atoms with Gasteiger partial charge in [-0.25, -0.2) is 4.98 Å². The van der Waals surface area contributed by atoms with Gasteiger partial charge in [-0.3, -0.25) is 0 Å². The Labute approximate surface area is 127 Å². The topological polar surface area (TPSA) is 31.4 Å². The predicted octanol–water partition coefficient (Wildman–Crippen LogP) is 4.44. The van der Waals surface area contributed by atoms with Crippen molar-refractivity contribution in [3.63, 3.8) is 0 Å². The van der Waals surface area contributed by atoms with Crippen LogP contribution in [0.2, 0.25) is 5.15 Å². The van der Waals surface area contributed by atoms with Gasteiger partial charge in [-0.1, -0.05) is 32.4 Å². The van der Waals surface area contributed by atoms with Gasteiger partial charge in [-0.15, -0.1) is 0 Å². The highest BCUT2D eigenvalue weighted by Crippen LogP contribution is 2.28. The fourth-order valence-electron chi connectivity index (χ4n) is 1.85. The number of methoxy groups -OCH3 is 1. The molecule has 3 nitrogen and oxygen atoms in total. The molecule has 0 atom stereocenters. The lowest BCUT2D eigenvalue weighted by Gasteiger charge is -2.19. The molecule has 20 heavy (non-hydrogen) atoms. The van der Waals surface area contributed by atoms with Crippen LogP contribution in [0.3, 0.4) is 0 Å². The van der Waals surface area contributed by atoms with Crippen molar-refractivity contribution in [1.29, 1.82) is 0 Å². The Bertz CT molecular complexity index is 427. The van der Waals surface area contributed by atoms with Crippen LogP contribution in [-0.2, 0) is 11.2 Å². The van der Waals surface area contributed by atoms with E-state index in [0.29, 0.717) is 29.5 Å². The summed E-state index contributed by atoms with van der Waals surface area (Å²) >= 11 is 6.14. The molecule has 0 saturated carbocycles. The van der Waals surface area contributed by atoms with Crippen LogP contribution >= 0.6 is 11.6 Å². The van der Waals surface area contributed by atoms with E-state index in [4.69, 9.17) is 21.1 Å². The summed E-state index contributed by atoms with van der Waals surface area (Å²) in [5.41, 5.74) is 2.51. The zero-order valence-corrected chi connectivity index (χ0v) is 14.0. The third-order valence-electron chi connectivity index (χ3n) is 3.13. The Morgan fingerprint density at radius 2 is 1.95 bits per heavy atom. The number of nitrogens with zero attached hydrogens (tertiary/aromatic N) is 1. The van der Waals surface area contributed by atoms with Crippen molar-refractivity contribution in [2.75, 3.05) is 20.3 Å². The van der Waals surface area contributed by atoms with Crippen LogP contribution < -0.4 is 4.74 Å². The second kappa shape index (κ2) is 7.84. The number of pyridine rings is 1. The fourth-order valence-corrected chi connectivity index (χ4v) is 2.08. The molecule has 0 unspecified atom stereocenters. The summed E-state index contributed by atoms with van der Waals surface area (Å²) in [4.78, 5) is 4.38. The average molecular weight is 300 g/mol. The van der Waals surface area contributed by atoms with Crippen LogP contribution in [0, 0.1) is 12.3 Å². The lowest BCUT2D eigenvalue weighted by Crippen LogP contribution is -2.08. The van der Waals surface area contributed by atoms with E-state index in [2.05, 4.69) is 25.8 Å². The summed E-state index contributed by atoms with van der Waals surface area (Å²) in [5, 5.41) is 0.444. The van der Waals surface area contributed by atoms with Crippen molar-refractivity contribution < 1.29 is 9.47 Å². The Morgan fingerprint density at radius 1 is 1.25 bits per heavy atom. The first-order chi connectivity index (χ1) is 9.33. The standard InChI is InChI=1S/C16H26ClNO2/c1-12-13(7-8-16(2,3)4)11-14(15(17)18-12)20-10-6-9-19-5/h11H,6-10H2,1-5H3. The summed E-state index contributed by atoms with van der Waals surface area (Å²) in [6, 6.07) is 2.03. The summed E-state index contributed by atoms with van der Waals surface area (Å²) in [7, 11) is 1.69. The molecule has 4 heteroatoms. The van der Waals surface area contributed by atoms with E-state index in [1.807, 2.05) is 13.0 Å². The van der Waals surface area contributed by atoms with Gasteiger partial charge < -0.3 is 9.47 Å². The summed E-state index contributed by atoms with van der Waals surface area (Å²) in [6.07, 6.45) is 2.95. The highest BCUT2D eigenvalue weighted by Gasteiger charge is 2.14. The van der Waals surface area contributed by atoms with Crippen molar-refractivity contribution in [2.24, 2.45) is 5.41 Å². The average Bonchev–Trinajstić information content (AvgIpc) is 2.34. The number of hydrogen-bond donors (Lipinski definition) is 0. The van der Waals surface area contributed by atoms with Crippen LogP contribution in [0.1, 0.15) is 44.9 Å². The van der Waals surface area contributed by atoms with Gasteiger partial charge in [0.1, 0.15) is 0 Å². The number of aryl methyl sites for hydroxylation is 2. The molecule has 0 aliphatic rings. The number of ether oxygens (including phenoxy) is 2. The second-order valence-electron chi connectivity index (χ2n) is 6.28. The van der Waals surface area contributed by atoms with Gasteiger partial charge >= 0.3 is 0 Å². The number of rotatable bonds is 7. The second-order valence-corrected chi connectivity index (χ2v) is 6.64. The molecule has 0 aliphatic heterocycles. The molecule has 0 radical (unpaired) electrons. The Balaban J connectivity index is 2.70. The van der Waals surface area contributed by atoms with Gasteiger partial charge in [0.25, 0.3) is 0 Å². The number of hydrogen-bond acceptors (Lipinski definition) is 3. The maximum absolute atomic E-state index is 6.14. The molecule has 1 aromatic rings. The molecule has 114 valence electrons. The molecule has 0 saturated heterocycles. The van der Waals surface area contributed by atoms with E-state index in [0.717, 1.165) is 25.0 Å². The summed E-state index contributed by atoms with van der Waals surface area (Å²) in [5.74, 6) is 0.678. The summed E-state index contributed by atoms with van der Waals surface area (Å²) in [6.45, 7) is 10.0. The van der Waals surface area contributed by atoms with Gasteiger partial charge in [0.05, 0.1) is 6.61 Å². The van der Waals surface area contributed by atoms with E-state index < -0.39 is 0 Å². The molecule has 1 rings (SSSR count). The van der Waals surface area contributed by atoms with Crippen LogP contribution in [0.5, 0.6) is 5.75 Å². The van der Waals surface area contributed by atoms with Crippen LogP contribution in [-0.4, -0.2) is 25.3 Å². The Morgan fingerprint density at radius 3 is 2.55 bits per heavy atom. The minimum Gasteiger partial charge on any atom is -0.490 e.